The van der Waals surface area contributed by atoms with Crippen LogP contribution in [0.4, 0.5) is 0 Å². The second-order valence-electron chi connectivity index (χ2n) is 5.17. The quantitative estimate of drug-likeness (QED) is 0.749. The monoisotopic (exact) mass is 225 g/mol. The summed E-state index contributed by atoms with van der Waals surface area (Å²) in [5.74, 6) is 0.533. The molecule has 1 atom stereocenters. The molecular formula is C13H23NO2. The minimum absolute atomic E-state index is 0.0283. The van der Waals surface area contributed by atoms with Gasteiger partial charge in [0.15, 0.2) is 0 Å². The Balaban J connectivity index is 1.66. The molecule has 0 amide bonds. The van der Waals surface area contributed by atoms with E-state index in [1.165, 1.54) is 32.1 Å². The van der Waals surface area contributed by atoms with Crippen molar-refractivity contribution in [2.24, 2.45) is 5.92 Å². The van der Waals surface area contributed by atoms with Gasteiger partial charge in [0, 0.05) is 6.42 Å². The van der Waals surface area contributed by atoms with Crippen LogP contribution in [0.25, 0.3) is 0 Å². The van der Waals surface area contributed by atoms with Crippen molar-refractivity contribution in [3.63, 3.8) is 0 Å². The number of ether oxygens (including phenoxy) is 1. The smallest absolute Gasteiger partial charge is 0.306 e. The molecule has 0 aromatic carbocycles. The molecule has 0 spiro atoms. The van der Waals surface area contributed by atoms with Gasteiger partial charge in [-0.05, 0) is 57.5 Å². The Morgan fingerprint density at radius 3 is 2.62 bits per heavy atom. The summed E-state index contributed by atoms with van der Waals surface area (Å²) in [6, 6.07) is 0. The molecule has 1 aliphatic carbocycles. The van der Waals surface area contributed by atoms with Crippen LogP contribution < -0.4 is 5.32 Å². The average Bonchev–Trinajstić information content (AvgIpc) is 2.31. The molecule has 1 heterocycles. The van der Waals surface area contributed by atoms with E-state index in [4.69, 9.17) is 4.74 Å². The third-order valence-corrected chi connectivity index (χ3v) is 3.70. The van der Waals surface area contributed by atoms with E-state index in [9.17, 15) is 4.79 Å². The Morgan fingerprint density at radius 1 is 1.12 bits per heavy atom. The number of nitrogens with one attached hydrogen (secondary N) is 1. The van der Waals surface area contributed by atoms with Crippen molar-refractivity contribution in [2.75, 3.05) is 13.1 Å². The lowest BCUT2D eigenvalue weighted by Gasteiger charge is -2.25. The maximum Gasteiger partial charge on any atom is 0.306 e. The summed E-state index contributed by atoms with van der Waals surface area (Å²) in [5, 5.41) is 3.34. The second kappa shape index (κ2) is 6.24. The van der Waals surface area contributed by atoms with Gasteiger partial charge in [0.05, 0.1) is 0 Å². The largest absolute Gasteiger partial charge is 0.462 e. The van der Waals surface area contributed by atoms with Crippen LogP contribution in [0, 0.1) is 5.92 Å². The summed E-state index contributed by atoms with van der Waals surface area (Å²) in [4.78, 5) is 11.7. The number of rotatable bonds is 3. The molecule has 1 saturated carbocycles. The van der Waals surface area contributed by atoms with Gasteiger partial charge in [0.2, 0.25) is 0 Å². The molecule has 3 heteroatoms. The zero-order chi connectivity index (χ0) is 11.2. The summed E-state index contributed by atoms with van der Waals surface area (Å²) in [6.45, 7) is 2.09. The van der Waals surface area contributed by atoms with Crippen LogP contribution in [0.3, 0.4) is 0 Å². The van der Waals surface area contributed by atoms with Gasteiger partial charge in [0.1, 0.15) is 6.10 Å². The second-order valence-corrected chi connectivity index (χ2v) is 5.17. The van der Waals surface area contributed by atoms with Gasteiger partial charge in [-0.15, -0.1) is 0 Å². The Morgan fingerprint density at radius 2 is 1.94 bits per heavy atom. The number of esters is 1. The highest BCUT2D eigenvalue weighted by Gasteiger charge is 2.21. The number of hydrogen-bond acceptors (Lipinski definition) is 3. The zero-order valence-electron chi connectivity index (χ0n) is 10.0. The van der Waals surface area contributed by atoms with Gasteiger partial charge >= 0.3 is 5.97 Å². The number of carbonyl (C=O) groups excluding carboxylic acids is 1. The molecule has 1 N–H and O–H groups in total. The molecule has 0 radical (unpaired) electrons. The molecule has 1 aliphatic heterocycles. The van der Waals surface area contributed by atoms with Crippen LogP contribution in [0.2, 0.25) is 0 Å². The summed E-state index contributed by atoms with van der Waals surface area (Å²) in [6.07, 6.45) is 9.12. The Kier molecular flexibility index (Phi) is 4.64. The molecule has 0 aromatic heterocycles. The molecule has 2 rings (SSSR count). The van der Waals surface area contributed by atoms with Crippen molar-refractivity contribution >= 4 is 5.97 Å². The SMILES string of the molecule is O=C(CC1CCCNC1)OC1CCCCC1. The first-order valence-electron chi connectivity index (χ1n) is 6.75. The lowest BCUT2D eigenvalue weighted by atomic mass is 9.95. The lowest BCUT2D eigenvalue weighted by molar-refractivity contribution is -0.151. The molecule has 2 aliphatic rings. The Labute approximate surface area is 97.9 Å². The highest BCUT2D eigenvalue weighted by Crippen LogP contribution is 2.22. The van der Waals surface area contributed by atoms with Gasteiger partial charge < -0.3 is 10.1 Å². The first-order chi connectivity index (χ1) is 7.84. The van der Waals surface area contributed by atoms with Gasteiger partial charge in [-0.2, -0.15) is 0 Å². The van der Waals surface area contributed by atoms with Crippen molar-refractivity contribution in [1.82, 2.24) is 5.32 Å². The van der Waals surface area contributed by atoms with E-state index in [1.54, 1.807) is 0 Å². The van der Waals surface area contributed by atoms with Crippen molar-refractivity contribution in [1.29, 1.82) is 0 Å². The Hall–Kier alpha value is -0.570. The molecule has 16 heavy (non-hydrogen) atoms. The van der Waals surface area contributed by atoms with Crippen LogP contribution in [0.1, 0.15) is 51.4 Å². The van der Waals surface area contributed by atoms with Crippen LogP contribution in [-0.4, -0.2) is 25.2 Å². The predicted octanol–water partition coefficient (Wildman–Crippen LogP) is 2.25. The molecule has 0 aromatic rings. The fourth-order valence-electron chi connectivity index (χ4n) is 2.75. The molecule has 0 bridgehead atoms. The van der Waals surface area contributed by atoms with Crippen LogP contribution in [0.15, 0.2) is 0 Å². The third-order valence-electron chi connectivity index (χ3n) is 3.70. The van der Waals surface area contributed by atoms with Crippen molar-refractivity contribution in [3.05, 3.63) is 0 Å². The highest BCUT2D eigenvalue weighted by molar-refractivity contribution is 5.69. The molecular weight excluding hydrogens is 202 g/mol. The molecule has 1 unspecified atom stereocenters. The summed E-state index contributed by atoms with van der Waals surface area (Å²) < 4.78 is 5.53. The third kappa shape index (κ3) is 3.78. The van der Waals surface area contributed by atoms with E-state index in [1.807, 2.05) is 0 Å². The summed E-state index contributed by atoms with van der Waals surface area (Å²) in [5.41, 5.74) is 0. The van der Waals surface area contributed by atoms with E-state index in [0.29, 0.717) is 12.3 Å². The lowest BCUT2D eigenvalue weighted by Crippen LogP contribution is -2.32. The number of piperidine rings is 1. The van der Waals surface area contributed by atoms with Gasteiger partial charge in [-0.3, -0.25) is 4.79 Å². The van der Waals surface area contributed by atoms with E-state index >= 15 is 0 Å². The molecule has 92 valence electrons. The van der Waals surface area contributed by atoms with Crippen molar-refractivity contribution in [3.8, 4) is 0 Å². The van der Waals surface area contributed by atoms with Gasteiger partial charge in [-0.25, -0.2) is 0 Å². The predicted molar refractivity (Wildman–Crippen MR) is 63.2 cm³/mol. The number of hydrogen-bond donors (Lipinski definition) is 1. The van der Waals surface area contributed by atoms with Crippen molar-refractivity contribution < 1.29 is 9.53 Å². The van der Waals surface area contributed by atoms with Gasteiger partial charge in [-0.1, -0.05) is 6.42 Å². The first kappa shape index (κ1) is 11.9. The van der Waals surface area contributed by atoms with Crippen molar-refractivity contribution in [2.45, 2.75) is 57.5 Å². The standard InChI is InChI=1S/C13H23NO2/c15-13(9-11-5-4-8-14-10-11)16-12-6-2-1-3-7-12/h11-12,14H,1-10H2. The van der Waals surface area contributed by atoms with E-state index in [-0.39, 0.29) is 12.1 Å². The average molecular weight is 225 g/mol. The molecule has 2 fully saturated rings. The van der Waals surface area contributed by atoms with Crippen LogP contribution in [0.5, 0.6) is 0 Å². The molecule has 3 nitrogen and oxygen atoms in total. The van der Waals surface area contributed by atoms with E-state index < -0.39 is 0 Å². The highest BCUT2D eigenvalue weighted by atomic mass is 16.5. The van der Waals surface area contributed by atoms with E-state index in [0.717, 1.165) is 25.9 Å². The van der Waals surface area contributed by atoms with Crippen LogP contribution in [-0.2, 0) is 9.53 Å². The maximum absolute atomic E-state index is 11.7. The van der Waals surface area contributed by atoms with Gasteiger partial charge in [0.25, 0.3) is 0 Å². The number of carbonyl (C=O) groups is 1. The minimum atomic E-state index is 0.0283. The zero-order valence-corrected chi connectivity index (χ0v) is 10.0. The first-order valence-corrected chi connectivity index (χ1v) is 6.75. The minimum Gasteiger partial charge on any atom is -0.462 e. The normalized spacial score (nSPS) is 27.6. The van der Waals surface area contributed by atoms with E-state index in [2.05, 4.69) is 5.32 Å². The molecule has 1 saturated heterocycles. The fraction of sp³-hybridized carbons (Fsp3) is 0.923. The van der Waals surface area contributed by atoms with Crippen LogP contribution >= 0.6 is 0 Å². The Bertz CT molecular complexity index is 196. The topological polar surface area (TPSA) is 38.3 Å². The summed E-state index contributed by atoms with van der Waals surface area (Å²) >= 11 is 0. The maximum atomic E-state index is 11.7. The summed E-state index contributed by atoms with van der Waals surface area (Å²) in [7, 11) is 0. The fourth-order valence-corrected chi connectivity index (χ4v) is 2.75.